The molecule has 2 fully saturated rings. The second-order valence-electron chi connectivity index (χ2n) is 5.66. The van der Waals surface area contributed by atoms with E-state index in [-0.39, 0.29) is 0 Å². The van der Waals surface area contributed by atoms with Crippen molar-refractivity contribution in [3.8, 4) is 0 Å². The largest absolute Gasteiger partial charge is 0.465 e. The van der Waals surface area contributed by atoms with E-state index in [1.54, 1.807) is 6.26 Å². The maximum Gasteiger partial charge on any atom is 0.222 e. The molecule has 0 aliphatic carbocycles. The Morgan fingerprint density at radius 1 is 1.35 bits per heavy atom. The minimum atomic E-state index is 0.350. The van der Waals surface area contributed by atoms with Crippen LogP contribution in [0.1, 0.15) is 31.4 Å². The van der Waals surface area contributed by atoms with Crippen LogP contribution in [0, 0.1) is 0 Å². The van der Waals surface area contributed by atoms with Crippen LogP contribution in [0.3, 0.4) is 0 Å². The van der Waals surface area contributed by atoms with Gasteiger partial charge in [-0.1, -0.05) is 6.08 Å². The number of carbonyl (C=O) groups excluding carboxylic acids is 1. The zero-order valence-electron chi connectivity index (χ0n) is 11.8. The molecule has 20 heavy (non-hydrogen) atoms. The first-order valence-electron chi connectivity index (χ1n) is 7.55. The molecule has 1 aromatic rings. The molecule has 4 nitrogen and oxygen atoms in total. The lowest BCUT2D eigenvalue weighted by molar-refractivity contribution is -0.130. The predicted octanol–water partition coefficient (Wildman–Crippen LogP) is 2.38. The van der Waals surface area contributed by atoms with Crippen molar-refractivity contribution in [3.05, 3.63) is 30.2 Å². The van der Waals surface area contributed by atoms with Gasteiger partial charge in [-0.2, -0.15) is 0 Å². The van der Waals surface area contributed by atoms with Gasteiger partial charge in [-0.25, -0.2) is 0 Å². The Bertz CT molecular complexity index is 467. The fraction of sp³-hybridized carbons (Fsp3) is 0.562. The molecule has 2 aliphatic rings. The molecule has 0 radical (unpaired) electrons. The first-order valence-corrected chi connectivity index (χ1v) is 7.55. The van der Waals surface area contributed by atoms with Gasteiger partial charge in [-0.05, 0) is 44.0 Å². The van der Waals surface area contributed by atoms with Gasteiger partial charge < -0.3 is 9.32 Å². The fourth-order valence-corrected chi connectivity index (χ4v) is 3.21. The van der Waals surface area contributed by atoms with Gasteiger partial charge >= 0.3 is 0 Å². The highest BCUT2D eigenvalue weighted by molar-refractivity contribution is 5.78. The smallest absolute Gasteiger partial charge is 0.222 e. The Labute approximate surface area is 120 Å². The molecule has 0 unspecified atom stereocenters. The number of rotatable bonds is 4. The van der Waals surface area contributed by atoms with E-state index in [1.165, 1.54) is 6.42 Å². The van der Waals surface area contributed by atoms with Crippen LogP contribution >= 0.6 is 0 Å². The SMILES string of the molecule is O=C1CCCN1[C@H]1CCCN(C/C=C/c2ccco2)C1. The first-order chi connectivity index (χ1) is 9.83. The topological polar surface area (TPSA) is 36.7 Å². The molecule has 3 rings (SSSR count). The van der Waals surface area contributed by atoms with Gasteiger partial charge in [-0.15, -0.1) is 0 Å². The highest BCUT2D eigenvalue weighted by Gasteiger charge is 2.30. The maximum absolute atomic E-state index is 11.8. The maximum atomic E-state index is 11.8. The standard InChI is InChI=1S/C16H22N2O2/c19-16-8-3-11-18(16)14-5-1-9-17(13-14)10-2-6-15-7-4-12-20-15/h2,4,6-7,12,14H,1,3,5,8-11,13H2/b6-2+/t14-/m0/s1. The summed E-state index contributed by atoms with van der Waals surface area (Å²) in [5, 5.41) is 0. The van der Waals surface area contributed by atoms with E-state index in [9.17, 15) is 4.79 Å². The Hall–Kier alpha value is -1.55. The van der Waals surface area contributed by atoms with Gasteiger partial charge in [0.2, 0.25) is 5.91 Å². The van der Waals surface area contributed by atoms with Crippen molar-refractivity contribution < 1.29 is 9.21 Å². The molecule has 1 atom stereocenters. The summed E-state index contributed by atoms with van der Waals surface area (Å²) in [5.74, 6) is 1.25. The van der Waals surface area contributed by atoms with Crippen LogP contribution in [0.5, 0.6) is 0 Å². The monoisotopic (exact) mass is 274 g/mol. The lowest BCUT2D eigenvalue weighted by atomic mass is 10.0. The number of piperidine rings is 1. The molecule has 1 aromatic heterocycles. The summed E-state index contributed by atoms with van der Waals surface area (Å²) in [6, 6.07) is 4.28. The van der Waals surface area contributed by atoms with Crippen molar-refractivity contribution in [2.75, 3.05) is 26.2 Å². The van der Waals surface area contributed by atoms with E-state index in [4.69, 9.17) is 4.42 Å². The van der Waals surface area contributed by atoms with Crippen molar-refractivity contribution in [3.63, 3.8) is 0 Å². The molecule has 0 N–H and O–H groups in total. The van der Waals surface area contributed by atoms with Crippen LogP contribution < -0.4 is 0 Å². The van der Waals surface area contributed by atoms with Crippen LogP contribution in [0.2, 0.25) is 0 Å². The number of nitrogens with zero attached hydrogens (tertiary/aromatic N) is 2. The molecule has 0 spiro atoms. The lowest BCUT2D eigenvalue weighted by Gasteiger charge is -2.37. The first kappa shape index (κ1) is 13.4. The van der Waals surface area contributed by atoms with Crippen LogP contribution in [-0.4, -0.2) is 47.9 Å². The van der Waals surface area contributed by atoms with Gasteiger partial charge in [0.1, 0.15) is 5.76 Å². The number of hydrogen-bond donors (Lipinski definition) is 0. The van der Waals surface area contributed by atoms with E-state index >= 15 is 0 Å². The van der Waals surface area contributed by atoms with Gasteiger partial charge in [0, 0.05) is 32.1 Å². The summed E-state index contributed by atoms with van der Waals surface area (Å²) in [5.41, 5.74) is 0. The van der Waals surface area contributed by atoms with Gasteiger partial charge in [-0.3, -0.25) is 9.69 Å². The van der Waals surface area contributed by atoms with Gasteiger partial charge in [0.05, 0.1) is 6.26 Å². The minimum absolute atomic E-state index is 0.350. The van der Waals surface area contributed by atoms with Gasteiger partial charge in [0.25, 0.3) is 0 Å². The third kappa shape index (κ3) is 3.12. The van der Waals surface area contributed by atoms with Crippen LogP contribution in [-0.2, 0) is 4.79 Å². The zero-order chi connectivity index (χ0) is 13.8. The number of carbonyl (C=O) groups is 1. The number of amides is 1. The van der Waals surface area contributed by atoms with Crippen molar-refractivity contribution in [1.82, 2.24) is 9.80 Å². The van der Waals surface area contributed by atoms with Crippen LogP contribution in [0.15, 0.2) is 28.9 Å². The molecule has 2 aliphatic heterocycles. The molecule has 3 heterocycles. The number of furan rings is 1. The average molecular weight is 274 g/mol. The molecule has 0 bridgehead atoms. The minimum Gasteiger partial charge on any atom is -0.465 e. The quantitative estimate of drug-likeness (QED) is 0.846. The van der Waals surface area contributed by atoms with E-state index in [0.717, 1.165) is 51.2 Å². The summed E-state index contributed by atoms with van der Waals surface area (Å²) < 4.78 is 5.28. The normalized spacial score (nSPS) is 24.9. The van der Waals surface area contributed by atoms with E-state index in [2.05, 4.69) is 15.9 Å². The van der Waals surface area contributed by atoms with Crippen molar-refractivity contribution in [2.45, 2.75) is 31.7 Å². The Morgan fingerprint density at radius 2 is 2.30 bits per heavy atom. The van der Waals surface area contributed by atoms with E-state index in [1.807, 2.05) is 18.2 Å². The van der Waals surface area contributed by atoms with E-state index < -0.39 is 0 Å². The van der Waals surface area contributed by atoms with Gasteiger partial charge in [0.15, 0.2) is 0 Å². The Morgan fingerprint density at radius 3 is 3.05 bits per heavy atom. The van der Waals surface area contributed by atoms with Crippen LogP contribution in [0.25, 0.3) is 6.08 Å². The zero-order valence-corrected chi connectivity index (χ0v) is 11.8. The van der Waals surface area contributed by atoms with Crippen molar-refractivity contribution in [1.29, 1.82) is 0 Å². The number of hydrogen-bond acceptors (Lipinski definition) is 3. The van der Waals surface area contributed by atoms with Crippen molar-refractivity contribution >= 4 is 12.0 Å². The highest BCUT2D eigenvalue weighted by Crippen LogP contribution is 2.21. The molecule has 4 heteroatoms. The third-order valence-corrected chi connectivity index (χ3v) is 4.22. The van der Waals surface area contributed by atoms with Crippen molar-refractivity contribution in [2.24, 2.45) is 0 Å². The molecule has 0 aromatic carbocycles. The summed E-state index contributed by atoms with van der Waals surface area (Å²) in [7, 11) is 0. The Balaban J connectivity index is 1.51. The molecular weight excluding hydrogens is 252 g/mol. The molecule has 108 valence electrons. The molecule has 0 saturated carbocycles. The number of likely N-dealkylation sites (tertiary alicyclic amines) is 2. The average Bonchev–Trinajstić information content (AvgIpc) is 3.11. The summed E-state index contributed by atoms with van der Waals surface area (Å²) in [6.07, 6.45) is 9.98. The predicted molar refractivity (Wildman–Crippen MR) is 78.2 cm³/mol. The molecule has 1 amide bonds. The van der Waals surface area contributed by atoms with Crippen LogP contribution in [0.4, 0.5) is 0 Å². The summed E-state index contributed by atoms with van der Waals surface area (Å²) in [4.78, 5) is 16.4. The van der Waals surface area contributed by atoms with E-state index in [0.29, 0.717) is 11.9 Å². The summed E-state index contributed by atoms with van der Waals surface area (Å²) in [6.45, 7) is 4.02. The second-order valence-corrected chi connectivity index (χ2v) is 5.66. The molecular formula is C16H22N2O2. The Kier molecular flexibility index (Phi) is 4.21. The second kappa shape index (κ2) is 6.27. The third-order valence-electron chi connectivity index (χ3n) is 4.22. The highest BCUT2D eigenvalue weighted by atomic mass is 16.3. The fourth-order valence-electron chi connectivity index (χ4n) is 3.21. The summed E-state index contributed by atoms with van der Waals surface area (Å²) >= 11 is 0. The molecule has 2 saturated heterocycles. The lowest BCUT2D eigenvalue weighted by Crippen LogP contribution is -2.48.